The highest BCUT2D eigenvalue weighted by molar-refractivity contribution is 5.76. The van der Waals surface area contributed by atoms with Crippen LogP contribution in [0.2, 0.25) is 0 Å². The quantitative estimate of drug-likeness (QED) is 0.658. The van der Waals surface area contributed by atoms with Crippen LogP contribution in [-0.2, 0) is 9.53 Å². The molecular formula is C9H19NO2. The predicted octanol–water partition coefficient (Wildman–Crippen LogP) is 1.33. The van der Waals surface area contributed by atoms with Crippen molar-refractivity contribution in [1.29, 1.82) is 0 Å². The molecule has 0 spiro atoms. The van der Waals surface area contributed by atoms with Gasteiger partial charge in [-0.1, -0.05) is 13.8 Å². The van der Waals surface area contributed by atoms with Gasteiger partial charge in [-0.3, -0.25) is 4.79 Å². The normalized spacial score (nSPS) is 10.3. The van der Waals surface area contributed by atoms with Crippen molar-refractivity contribution in [3.63, 3.8) is 0 Å². The van der Waals surface area contributed by atoms with Crippen molar-refractivity contribution in [1.82, 2.24) is 5.32 Å². The van der Waals surface area contributed by atoms with Gasteiger partial charge in [-0.2, -0.15) is 0 Å². The minimum absolute atomic E-state index is 0.0885. The SMILES string of the molecule is CCC(CC)NC(=O)CCOC. The molecular weight excluding hydrogens is 154 g/mol. The number of amides is 1. The Balaban J connectivity index is 3.52. The number of carbonyl (C=O) groups is 1. The van der Waals surface area contributed by atoms with E-state index < -0.39 is 0 Å². The third kappa shape index (κ3) is 5.13. The number of hydrogen-bond donors (Lipinski definition) is 1. The minimum Gasteiger partial charge on any atom is -0.384 e. The first-order valence-electron chi connectivity index (χ1n) is 4.52. The lowest BCUT2D eigenvalue weighted by molar-refractivity contribution is -0.122. The van der Waals surface area contributed by atoms with Crippen molar-refractivity contribution in [2.75, 3.05) is 13.7 Å². The lowest BCUT2D eigenvalue weighted by atomic mass is 10.2. The predicted molar refractivity (Wildman–Crippen MR) is 49.0 cm³/mol. The summed E-state index contributed by atoms with van der Waals surface area (Å²) in [6, 6.07) is 0.328. The van der Waals surface area contributed by atoms with E-state index >= 15 is 0 Å². The second kappa shape index (κ2) is 7.10. The van der Waals surface area contributed by atoms with Gasteiger partial charge in [0.15, 0.2) is 0 Å². The van der Waals surface area contributed by atoms with Gasteiger partial charge in [0.05, 0.1) is 6.61 Å². The molecule has 0 rings (SSSR count). The molecule has 0 aliphatic carbocycles. The van der Waals surface area contributed by atoms with E-state index in [9.17, 15) is 4.79 Å². The average molecular weight is 173 g/mol. The Hall–Kier alpha value is -0.570. The molecule has 0 atom stereocenters. The highest BCUT2D eigenvalue weighted by atomic mass is 16.5. The van der Waals surface area contributed by atoms with Gasteiger partial charge >= 0.3 is 0 Å². The second-order valence-electron chi connectivity index (χ2n) is 2.82. The summed E-state index contributed by atoms with van der Waals surface area (Å²) < 4.78 is 4.80. The van der Waals surface area contributed by atoms with Crippen LogP contribution in [0.5, 0.6) is 0 Å². The molecule has 0 aromatic heterocycles. The fourth-order valence-corrected chi connectivity index (χ4v) is 0.987. The number of rotatable bonds is 6. The number of nitrogens with one attached hydrogen (secondary N) is 1. The molecule has 3 heteroatoms. The van der Waals surface area contributed by atoms with Gasteiger partial charge < -0.3 is 10.1 Å². The Bertz CT molecular complexity index is 122. The van der Waals surface area contributed by atoms with Crippen LogP contribution < -0.4 is 5.32 Å². The van der Waals surface area contributed by atoms with E-state index in [1.165, 1.54) is 0 Å². The molecule has 0 aliphatic rings. The van der Waals surface area contributed by atoms with Crippen molar-refractivity contribution in [3.05, 3.63) is 0 Å². The third-order valence-corrected chi connectivity index (χ3v) is 1.88. The second-order valence-corrected chi connectivity index (χ2v) is 2.82. The van der Waals surface area contributed by atoms with Crippen molar-refractivity contribution in [2.45, 2.75) is 39.2 Å². The molecule has 0 aromatic carbocycles. The summed E-state index contributed by atoms with van der Waals surface area (Å²) in [7, 11) is 1.60. The van der Waals surface area contributed by atoms with E-state index in [0.717, 1.165) is 12.8 Å². The molecule has 12 heavy (non-hydrogen) atoms. The van der Waals surface area contributed by atoms with Crippen molar-refractivity contribution in [2.24, 2.45) is 0 Å². The van der Waals surface area contributed by atoms with Crippen LogP contribution >= 0.6 is 0 Å². The van der Waals surface area contributed by atoms with Gasteiger partial charge in [-0.15, -0.1) is 0 Å². The Morgan fingerprint density at radius 1 is 1.42 bits per heavy atom. The number of methoxy groups -OCH3 is 1. The summed E-state index contributed by atoms with van der Waals surface area (Å²) in [5.74, 6) is 0.0885. The summed E-state index contributed by atoms with van der Waals surface area (Å²) >= 11 is 0. The van der Waals surface area contributed by atoms with E-state index in [1.54, 1.807) is 7.11 Å². The zero-order valence-electron chi connectivity index (χ0n) is 8.22. The Labute approximate surface area is 74.5 Å². The maximum Gasteiger partial charge on any atom is 0.222 e. The van der Waals surface area contributed by atoms with Crippen molar-refractivity contribution in [3.8, 4) is 0 Å². The Morgan fingerprint density at radius 3 is 2.42 bits per heavy atom. The maximum atomic E-state index is 11.1. The van der Waals surface area contributed by atoms with Gasteiger partial charge in [-0.05, 0) is 12.8 Å². The number of ether oxygens (including phenoxy) is 1. The third-order valence-electron chi connectivity index (χ3n) is 1.88. The molecule has 0 saturated carbocycles. The maximum absolute atomic E-state index is 11.1. The van der Waals surface area contributed by atoms with Gasteiger partial charge in [0.25, 0.3) is 0 Å². The molecule has 0 aliphatic heterocycles. The van der Waals surface area contributed by atoms with Crippen LogP contribution in [0.1, 0.15) is 33.1 Å². The zero-order chi connectivity index (χ0) is 9.40. The van der Waals surface area contributed by atoms with E-state index in [2.05, 4.69) is 19.2 Å². The first-order chi connectivity index (χ1) is 5.74. The molecule has 0 bridgehead atoms. The molecule has 72 valence electrons. The lowest BCUT2D eigenvalue weighted by Crippen LogP contribution is -2.34. The van der Waals surface area contributed by atoms with Gasteiger partial charge in [-0.25, -0.2) is 0 Å². The summed E-state index contributed by atoms with van der Waals surface area (Å²) in [5, 5.41) is 2.93. The van der Waals surface area contributed by atoms with Gasteiger partial charge in [0, 0.05) is 19.6 Å². The lowest BCUT2D eigenvalue weighted by Gasteiger charge is -2.14. The van der Waals surface area contributed by atoms with E-state index in [4.69, 9.17) is 4.74 Å². The number of hydrogen-bond acceptors (Lipinski definition) is 2. The summed E-state index contributed by atoms with van der Waals surface area (Å²) in [6.07, 6.45) is 2.46. The molecule has 1 N–H and O–H groups in total. The molecule has 0 unspecified atom stereocenters. The van der Waals surface area contributed by atoms with Crippen molar-refractivity contribution < 1.29 is 9.53 Å². The largest absolute Gasteiger partial charge is 0.384 e. The first kappa shape index (κ1) is 11.4. The monoisotopic (exact) mass is 173 g/mol. The molecule has 0 radical (unpaired) electrons. The summed E-state index contributed by atoms with van der Waals surface area (Å²) in [6.45, 7) is 4.65. The number of carbonyl (C=O) groups excluding carboxylic acids is 1. The van der Waals surface area contributed by atoms with E-state index in [-0.39, 0.29) is 5.91 Å². The van der Waals surface area contributed by atoms with Crippen LogP contribution in [0, 0.1) is 0 Å². The van der Waals surface area contributed by atoms with Crippen LogP contribution in [0.4, 0.5) is 0 Å². The van der Waals surface area contributed by atoms with Crippen LogP contribution in [0.15, 0.2) is 0 Å². The fraction of sp³-hybridized carbons (Fsp3) is 0.889. The Kier molecular flexibility index (Phi) is 6.76. The van der Waals surface area contributed by atoms with Crippen LogP contribution in [0.3, 0.4) is 0 Å². The smallest absolute Gasteiger partial charge is 0.222 e. The van der Waals surface area contributed by atoms with E-state index in [1.807, 2.05) is 0 Å². The molecule has 0 saturated heterocycles. The fourth-order valence-electron chi connectivity index (χ4n) is 0.987. The summed E-state index contributed by atoms with van der Waals surface area (Å²) in [4.78, 5) is 11.1. The van der Waals surface area contributed by atoms with Crippen LogP contribution in [0.25, 0.3) is 0 Å². The molecule has 1 amide bonds. The zero-order valence-corrected chi connectivity index (χ0v) is 8.22. The Morgan fingerprint density at radius 2 is 2.00 bits per heavy atom. The molecule has 0 heterocycles. The summed E-state index contributed by atoms with van der Waals surface area (Å²) in [5.41, 5.74) is 0. The van der Waals surface area contributed by atoms with Gasteiger partial charge in [0.2, 0.25) is 5.91 Å². The topological polar surface area (TPSA) is 38.3 Å². The van der Waals surface area contributed by atoms with E-state index in [0.29, 0.717) is 19.1 Å². The highest BCUT2D eigenvalue weighted by Gasteiger charge is 2.06. The molecule has 3 nitrogen and oxygen atoms in total. The van der Waals surface area contributed by atoms with Crippen molar-refractivity contribution >= 4 is 5.91 Å². The van der Waals surface area contributed by atoms with Crippen LogP contribution in [-0.4, -0.2) is 25.7 Å². The average Bonchev–Trinajstić information content (AvgIpc) is 2.10. The standard InChI is InChI=1S/C9H19NO2/c1-4-8(5-2)10-9(11)6-7-12-3/h8H,4-7H2,1-3H3,(H,10,11). The molecule has 0 fully saturated rings. The first-order valence-corrected chi connectivity index (χ1v) is 4.52. The minimum atomic E-state index is 0.0885. The highest BCUT2D eigenvalue weighted by Crippen LogP contribution is 1.96. The van der Waals surface area contributed by atoms with Gasteiger partial charge in [0.1, 0.15) is 0 Å². The molecule has 0 aromatic rings.